The molecule has 1 N–H and O–H groups in total. The number of carbonyl (C=O) groups excluding carboxylic acids is 1. The van der Waals surface area contributed by atoms with Gasteiger partial charge in [-0.15, -0.1) is 0 Å². The average Bonchev–Trinajstić information content (AvgIpc) is 2.10. The summed E-state index contributed by atoms with van der Waals surface area (Å²) in [7, 11) is 0. The van der Waals surface area contributed by atoms with Gasteiger partial charge >= 0.3 is 5.97 Å². The van der Waals surface area contributed by atoms with Crippen LogP contribution in [-0.4, -0.2) is 16.7 Å². The number of rotatable bonds is 1. The molecule has 0 unspecified atom stereocenters. The second-order valence-electron chi connectivity index (χ2n) is 4.29. The maximum Gasteiger partial charge on any atom is 0.338 e. The minimum atomic E-state index is -0.508. The van der Waals surface area contributed by atoms with E-state index in [1.807, 2.05) is 66.0 Å². The van der Waals surface area contributed by atoms with Gasteiger partial charge in [-0.1, -0.05) is 0 Å². The normalized spacial score (nSPS) is 11.3. The predicted octanol–water partition coefficient (Wildman–Crippen LogP) is 3.56. The summed E-state index contributed by atoms with van der Waals surface area (Å²) in [5, 5.41) is 9.58. The van der Waals surface area contributed by atoms with E-state index < -0.39 is 5.60 Å². The topological polar surface area (TPSA) is 46.5 Å². The maximum atomic E-state index is 11.8. The van der Waals surface area contributed by atoms with E-state index in [-0.39, 0.29) is 11.7 Å². The fourth-order valence-corrected chi connectivity index (χ4v) is 2.79. The zero-order chi connectivity index (χ0) is 12.5. The number of ether oxygens (including phenoxy) is 1. The molecule has 3 nitrogen and oxygen atoms in total. The third kappa shape index (κ3) is 3.76. The first-order valence-corrected chi connectivity index (χ1v) is 6.78. The first-order valence-electron chi connectivity index (χ1n) is 4.62. The molecule has 0 aliphatic rings. The van der Waals surface area contributed by atoms with Crippen LogP contribution in [0.3, 0.4) is 0 Å². The Hall–Kier alpha value is -0.0500. The van der Waals surface area contributed by atoms with Gasteiger partial charge < -0.3 is 9.84 Å². The molecule has 0 aliphatic carbocycles. The summed E-state index contributed by atoms with van der Waals surface area (Å²) >= 11 is 3.97. The number of benzene rings is 1. The highest BCUT2D eigenvalue weighted by atomic mass is 127. The van der Waals surface area contributed by atoms with Crippen LogP contribution in [0.2, 0.25) is 0 Å². The van der Waals surface area contributed by atoms with Gasteiger partial charge in [-0.2, -0.15) is 0 Å². The molecule has 1 aromatic rings. The van der Waals surface area contributed by atoms with Crippen LogP contribution >= 0.6 is 45.2 Å². The van der Waals surface area contributed by atoms with Gasteiger partial charge in [-0.3, -0.25) is 0 Å². The van der Waals surface area contributed by atoms with E-state index in [1.54, 1.807) is 12.1 Å². The van der Waals surface area contributed by atoms with Crippen molar-refractivity contribution in [1.82, 2.24) is 0 Å². The lowest BCUT2D eigenvalue weighted by Gasteiger charge is -2.19. The lowest BCUT2D eigenvalue weighted by molar-refractivity contribution is 0.00694. The van der Waals surface area contributed by atoms with Crippen LogP contribution in [0.25, 0.3) is 0 Å². The molecule has 0 saturated heterocycles. The number of aromatic hydroxyl groups is 1. The highest BCUT2D eigenvalue weighted by molar-refractivity contribution is 14.1. The lowest BCUT2D eigenvalue weighted by atomic mass is 10.1. The second-order valence-corrected chi connectivity index (χ2v) is 6.61. The van der Waals surface area contributed by atoms with Gasteiger partial charge in [-0.05, 0) is 78.1 Å². The van der Waals surface area contributed by atoms with Crippen molar-refractivity contribution in [2.24, 2.45) is 0 Å². The van der Waals surface area contributed by atoms with Gasteiger partial charge in [0.15, 0.2) is 0 Å². The van der Waals surface area contributed by atoms with Crippen molar-refractivity contribution in [3.05, 3.63) is 24.8 Å². The third-order valence-corrected chi connectivity index (χ3v) is 3.30. The fraction of sp³-hybridized carbons (Fsp3) is 0.364. The van der Waals surface area contributed by atoms with E-state index in [9.17, 15) is 9.90 Å². The van der Waals surface area contributed by atoms with Crippen LogP contribution in [0.5, 0.6) is 5.75 Å². The SMILES string of the molecule is CC(C)(C)OC(=O)c1cc(I)c(O)c(I)c1. The van der Waals surface area contributed by atoms with Gasteiger partial charge in [0.1, 0.15) is 11.4 Å². The van der Waals surface area contributed by atoms with Crippen LogP contribution in [0, 0.1) is 7.14 Å². The number of carbonyl (C=O) groups is 1. The molecule has 0 aromatic heterocycles. The zero-order valence-corrected chi connectivity index (χ0v) is 13.5. The van der Waals surface area contributed by atoms with Crippen LogP contribution in [0.15, 0.2) is 12.1 Å². The monoisotopic (exact) mass is 446 g/mol. The van der Waals surface area contributed by atoms with Crippen LogP contribution in [-0.2, 0) is 4.74 Å². The maximum absolute atomic E-state index is 11.8. The van der Waals surface area contributed by atoms with Crippen molar-refractivity contribution < 1.29 is 14.6 Å². The Morgan fingerprint density at radius 1 is 1.25 bits per heavy atom. The third-order valence-electron chi connectivity index (χ3n) is 1.65. The van der Waals surface area contributed by atoms with E-state index in [0.29, 0.717) is 12.7 Å². The minimum absolute atomic E-state index is 0.202. The molecule has 0 radical (unpaired) electrons. The Balaban J connectivity index is 3.02. The molecular weight excluding hydrogens is 434 g/mol. The predicted molar refractivity (Wildman–Crippen MR) is 78.7 cm³/mol. The standard InChI is InChI=1S/C11H12I2O3/c1-11(2,3)16-10(15)6-4-7(12)9(14)8(13)5-6/h4-5,14H,1-3H3. The molecule has 88 valence electrons. The number of hydrogen-bond donors (Lipinski definition) is 1. The number of halogens is 2. The van der Waals surface area contributed by atoms with E-state index in [2.05, 4.69) is 0 Å². The second kappa shape index (κ2) is 5.07. The Bertz CT molecular complexity index is 399. The van der Waals surface area contributed by atoms with Gasteiger partial charge in [0.25, 0.3) is 0 Å². The quantitative estimate of drug-likeness (QED) is 0.531. The first kappa shape index (κ1) is 14.0. The number of phenolic OH excluding ortho intramolecular Hbond substituents is 1. The Kier molecular flexibility index (Phi) is 4.44. The summed E-state index contributed by atoms with van der Waals surface area (Å²) in [6, 6.07) is 3.23. The first-order chi connectivity index (χ1) is 7.20. The molecular formula is C11H12I2O3. The van der Waals surface area contributed by atoms with Crippen LogP contribution in [0.1, 0.15) is 31.1 Å². The van der Waals surface area contributed by atoms with E-state index in [1.165, 1.54) is 0 Å². The number of esters is 1. The molecule has 0 aliphatic heterocycles. The minimum Gasteiger partial charge on any atom is -0.506 e. The summed E-state index contributed by atoms with van der Waals surface area (Å²) in [5.41, 5.74) is -0.0483. The smallest absolute Gasteiger partial charge is 0.338 e. The highest BCUT2D eigenvalue weighted by Crippen LogP contribution is 2.28. The Morgan fingerprint density at radius 3 is 2.06 bits per heavy atom. The molecule has 0 bridgehead atoms. The summed E-state index contributed by atoms with van der Waals surface area (Å²) in [4.78, 5) is 11.8. The molecule has 0 heterocycles. The highest BCUT2D eigenvalue weighted by Gasteiger charge is 2.19. The number of phenols is 1. The summed E-state index contributed by atoms with van der Waals surface area (Å²) < 4.78 is 6.53. The van der Waals surface area contributed by atoms with Crippen LogP contribution in [0.4, 0.5) is 0 Å². The molecule has 0 atom stereocenters. The van der Waals surface area contributed by atoms with Crippen molar-refractivity contribution >= 4 is 51.2 Å². The van der Waals surface area contributed by atoms with Crippen molar-refractivity contribution in [2.45, 2.75) is 26.4 Å². The Labute approximate surface area is 122 Å². The Morgan fingerprint density at radius 2 is 1.69 bits per heavy atom. The van der Waals surface area contributed by atoms with Gasteiger partial charge in [0.2, 0.25) is 0 Å². The fourth-order valence-electron chi connectivity index (χ4n) is 1.02. The molecule has 0 saturated carbocycles. The van der Waals surface area contributed by atoms with Gasteiger partial charge in [0, 0.05) is 0 Å². The van der Waals surface area contributed by atoms with Crippen molar-refractivity contribution in [2.75, 3.05) is 0 Å². The summed E-state index contributed by atoms with van der Waals surface area (Å²) in [6.07, 6.45) is 0. The molecule has 5 heteroatoms. The zero-order valence-electron chi connectivity index (χ0n) is 9.17. The van der Waals surface area contributed by atoms with E-state index in [0.717, 1.165) is 0 Å². The largest absolute Gasteiger partial charge is 0.506 e. The van der Waals surface area contributed by atoms with Crippen molar-refractivity contribution in [1.29, 1.82) is 0 Å². The van der Waals surface area contributed by atoms with Gasteiger partial charge in [0.05, 0.1) is 12.7 Å². The van der Waals surface area contributed by atoms with Crippen LogP contribution < -0.4 is 0 Å². The average molecular weight is 446 g/mol. The lowest BCUT2D eigenvalue weighted by Crippen LogP contribution is -2.24. The molecule has 0 fully saturated rings. The molecule has 0 amide bonds. The molecule has 1 aromatic carbocycles. The summed E-state index contributed by atoms with van der Waals surface area (Å²) in [5.74, 6) is -0.170. The van der Waals surface area contributed by atoms with Gasteiger partial charge in [-0.25, -0.2) is 4.79 Å². The summed E-state index contributed by atoms with van der Waals surface area (Å²) in [6.45, 7) is 5.46. The van der Waals surface area contributed by atoms with E-state index in [4.69, 9.17) is 4.74 Å². The molecule has 1 rings (SSSR count). The number of hydrogen-bond acceptors (Lipinski definition) is 3. The van der Waals surface area contributed by atoms with Crippen molar-refractivity contribution in [3.63, 3.8) is 0 Å². The molecule has 16 heavy (non-hydrogen) atoms. The van der Waals surface area contributed by atoms with Crippen molar-refractivity contribution in [3.8, 4) is 5.75 Å². The molecule has 0 spiro atoms. The van der Waals surface area contributed by atoms with E-state index >= 15 is 0 Å².